The molecule has 0 aromatic heterocycles. The number of hydrogen-bond acceptors (Lipinski definition) is 3. The van der Waals surface area contributed by atoms with E-state index in [4.69, 9.17) is 8.76 Å². The van der Waals surface area contributed by atoms with Crippen LogP contribution in [0.5, 0.6) is 0 Å². The smallest absolute Gasteiger partial charge is 0.749 e. The third kappa shape index (κ3) is 9.25. The summed E-state index contributed by atoms with van der Waals surface area (Å²) in [6.45, 7) is 0. The maximum absolute atomic E-state index is 9.14. The molecule has 0 aliphatic carbocycles. The van der Waals surface area contributed by atoms with E-state index in [0.717, 1.165) is 0 Å². The molecular formula is INaO3S. The van der Waals surface area contributed by atoms with Gasteiger partial charge in [-0.05, 0) is 0 Å². The van der Waals surface area contributed by atoms with Crippen molar-refractivity contribution in [3.8, 4) is 0 Å². The van der Waals surface area contributed by atoms with Crippen LogP contribution >= 0.6 is 23.0 Å². The van der Waals surface area contributed by atoms with E-state index in [0.29, 0.717) is 0 Å². The largest absolute Gasteiger partial charge is 1.00 e. The van der Waals surface area contributed by atoms with Crippen LogP contribution in [0.15, 0.2) is 0 Å². The SMILES string of the molecule is O=S([O-])OI.[Na+]. The first-order valence-electron chi connectivity index (χ1n) is 0.654. The van der Waals surface area contributed by atoms with Gasteiger partial charge in [0.2, 0.25) is 0 Å². The molecule has 32 valence electrons. The van der Waals surface area contributed by atoms with Gasteiger partial charge in [0.15, 0.2) is 0 Å². The van der Waals surface area contributed by atoms with Crippen molar-refractivity contribution in [3.63, 3.8) is 0 Å². The molecule has 6 heavy (non-hydrogen) atoms. The van der Waals surface area contributed by atoms with Crippen molar-refractivity contribution in [2.45, 2.75) is 0 Å². The molecule has 3 nitrogen and oxygen atoms in total. The van der Waals surface area contributed by atoms with Gasteiger partial charge in [-0.15, -0.1) is 0 Å². The quantitative estimate of drug-likeness (QED) is 0.277. The molecular weight excluding hydrogens is 230 g/mol. The second kappa shape index (κ2) is 6.80. The van der Waals surface area contributed by atoms with Crippen molar-refractivity contribution < 1.29 is 40.8 Å². The first-order chi connectivity index (χ1) is 2.27. The van der Waals surface area contributed by atoms with Gasteiger partial charge in [-0.25, -0.2) is 6.72 Å². The van der Waals surface area contributed by atoms with Gasteiger partial charge in [-0.2, -0.15) is 0 Å². The molecule has 0 spiro atoms. The normalized spacial score (nSPS) is 12.3. The molecule has 0 fully saturated rings. The fourth-order valence-electron chi connectivity index (χ4n) is 0. The van der Waals surface area contributed by atoms with Crippen molar-refractivity contribution in [2.75, 3.05) is 0 Å². The van der Waals surface area contributed by atoms with Gasteiger partial charge in [-0.1, -0.05) is 0 Å². The summed E-state index contributed by atoms with van der Waals surface area (Å²) < 4.78 is 21.9. The molecule has 0 bridgehead atoms. The number of rotatable bonds is 1. The molecule has 0 saturated heterocycles. The Morgan fingerprint density at radius 1 is 1.83 bits per heavy atom. The van der Waals surface area contributed by atoms with E-state index in [1.54, 1.807) is 0 Å². The van der Waals surface area contributed by atoms with E-state index in [9.17, 15) is 0 Å². The van der Waals surface area contributed by atoms with Crippen LogP contribution in [0.2, 0.25) is 0 Å². The van der Waals surface area contributed by atoms with Gasteiger partial charge >= 0.3 is 29.6 Å². The Morgan fingerprint density at radius 3 is 2.00 bits per heavy atom. The van der Waals surface area contributed by atoms with Gasteiger partial charge < -0.3 is 4.55 Å². The molecule has 1 atom stereocenters. The summed E-state index contributed by atoms with van der Waals surface area (Å²) >= 11 is -1.07. The molecule has 0 aromatic rings. The summed E-state index contributed by atoms with van der Waals surface area (Å²) in [5.41, 5.74) is 0. The van der Waals surface area contributed by atoms with E-state index in [1.807, 2.05) is 0 Å². The van der Waals surface area contributed by atoms with Crippen LogP contribution in [0.3, 0.4) is 0 Å². The van der Waals surface area contributed by atoms with E-state index in [1.165, 1.54) is 23.0 Å². The summed E-state index contributed by atoms with van der Waals surface area (Å²) in [6, 6.07) is 0. The predicted molar refractivity (Wildman–Crippen MR) is 24.0 cm³/mol. The molecule has 0 aliphatic heterocycles. The van der Waals surface area contributed by atoms with Gasteiger partial charge in [0.25, 0.3) is 0 Å². The predicted octanol–water partition coefficient (Wildman–Crippen LogP) is -2.85. The zero-order chi connectivity index (χ0) is 4.28. The zero-order valence-electron chi connectivity index (χ0n) is 3.01. The monoisotopic (exact) mass is 230 g/mol. The zero-order valence-corrected chi connectivity index (χ0v) is 7.98. The van der Waals surface area contributed by atoms with Crippen LogP contribution in [0, 0.1) is 0 Å². The summed E-state index contributed by atoms with van der Waals surface area (Å²) in [7, 11) is 0. The molecule has 0 saturated carbocycles. The summed E-state index contributed by atoms with van der Waals surface area (Å²) in [5, 5.41) is 0. The van der Waals surface area contributed by atoms with Crippen LogP contribution in [0.4, 0.5) is 0 Å². The number of halogens is 1. The molecule has 0 rings (SSSR count). The Labute approximate surface area is 74.3 Å². The van der Waals surface area contributed by atoms with Crippen molar-refractivity contribution in [2.24, 2.45) is 0 Å². The van der Waals surface area contributed by atoms with Crippen LogP contribution in [-0.4, -0.2) is 8.76 Å². The first kappa shape index (κ1) is 10.7. The molecule has 0 aromatic carbocycles. The Hall–Kier alpha value is 1.80. The average Bonchev–Trinajstić information content (AvgIpc) is 1.38. The van der Waals surface area contributed by atoms with E-state index < -0.39 is 11.4 Å². The second-order valence-corrected chi connectivity index (χ2v) is 1.88. The van der Waals surface area contributed by atoms with Gasteiger partial charge in [0, 0.05) is 0 Å². The minimum Gasteiger partial charge on any atom is -0.749 e. The van der Waals surface area contributed by atoms with Crippen molar-refractivity contribution in [1.29, 1.82) is 0 Å². The van der Waals surface area contributed by atoms with Gasteiger partial charge in [0.1, 0.15) is 23.0 Å². The van der Waals surface area contributed by atoms with Crippen LogP contribution in [0.25, 0.3) is 0 Å². The first-order valence-corrected chi connectivity index (χ1v) is 2.54. The van der Waals surface area contributed by atoms with Crippen LogP contribution in [0.1, 0.15) is 0 Å². The molecule has 0 amide bonds. The van der Waals surface area contributed by atoms with E-state index >= 15 is 0 Å². The van der Waals surface area contributed by atoms with Crippen LogP contribution in [-0.2, 0) is 13.9 Å². The van der Waals surface area contributed by atoms with Crippen molar-refractivity contribution >= 4 is 34.4 Å². The minimum atomic E-state index is -2.34. The summed E-state index contributed by atoms with van der Waals surface area (Å²) in [5.74, 6) is 0. The topological polar surface area (TPSA) is 49.4 Å². The summed E-state index contributed by atoms with van der Waals surface area (Å²) in [6.07, 6.45) is 0. The van der Waals surface area contributed by atoms with Crippen molar-refractivity contribution in [1.82, 2.24) is 0 Å². The van der Waals surface area contributed by atoms with Gasteiger partial charge in [-0.3, -0.25) is 0 Å². The molecule has 1 unspecified atom stereocenters. The second-order valence-electron chi connectivity index (χ2n) is 0.267. The third-order valence-corrected chi connectivity index (χ3v) is 1.04. The van der Waals surface area contributed by atoms with E-state index in [2.05, 4.69) is 2.51 Å². The van der Waals surface area contributed by atoms with Gasteiger partial charge in [0.05, 0.1) is 11.4 Å². The Bertz CT molecular complexity index is 46.1. The maximum Gasteiger partial charge on any atom is 1.00 e. The Kier molecular flexibility index (Phi) is 12.2. The molecule has 0 aliphatic rings. The molecule has 0 radical (unpaired) electrons. The Balaban J connectivity index is 0. The average molecular weight is 230 g/mol. The minimum absolute atomic E-state index is 0. The summed E-state index contributed by atoms with van der Waals surface area (Å²) in [4.78, 5) is 0. The molecule has 0 heterocycles. The van der Waals surface area contributed by atoms with Crippen molar-refractivity contribution in [3.05, 3.63) is 0 Å². The maximum atomic E-state index is 9.14. The van der Waals surface area contributed by atoms with E-state index in [-0.39, 0.29) is 29.6 Å². The fourth-order valence-corrected chi connectivity index (χ4v) is 0. The molecule has 0 N–H and O–H groups in total. The molecule has 6 heteroatoms. The number of hydrogen-bond donors (Lipinski definition) is 0. The third-order valence-electron chi connectivity index (χ3n) is 0.0514. The Morgan fingerprint density at radius 2 is 2.00 bits per heavy atom. The standard InChI is InChI=1S/HIO3S.Na/c1-4-5(2)3;/h(H,2,3);/q;+1/p-1. The fraction of sp³-hybridized carbons (Fsp3) is 0. The van der Waals surface area contributed by atoms with Crippen LogP contribution < -0.4 is 29.6 Å².